The minimum Gasteiger partial charge on any atom is -0.367 e. The Bertz CT molecular complexity index is 1200. The second-order valence-corrected chi connectivity index (χ2v) is 9.02. The first-order valence-corrected chi connectivity index (χ1v) is 11.6. The second kappa shape index (κ2) is 8.51. The Hall–Kier alpha value is -2.98. The van der Waals surface area contributed by atoms with Crippen LogP contribution in [0, 0.1) is 31.6 Å². The molecule has 2 aliphatic rings. The Morgan fingerprint density at radius 3 is 2.72 bits per heavy atom. The summed E-state index contributed by atoms with van der Waals surface area (Å²) in [5.41, 5.74) is 5.31. The van der Waals surface area contributed by atoms with E-state index in [0.29, 0.717) is 18.1 Å². The van der Waals surface area contributed by atoms with E-state index in [4.69, 9.17) is 19.7 Å². The maximum Gasteiger partial charge on any atom is 0.181 e. The van der Waals surface area contributed by atoms with Gasteiger partial charge in [0.15, 0.2) is 5.65 Å². The molecular formula is C25H30N6O. The molecule has 32 heavy (non-hydrogen) atoms. The summed E-state index contributed by atoms with van der Waals surface area (Å²) in [7, 11) is 0. The molecule has 2 unspecified atom stereocenters. The molecule has 0 radical (unpaired) electrons. The first-order valence-electron chi connectivity index (χ1n) is 11.6. The predicted octanol–water partition coefficient (Wildman–Crippen LogP) is 3.98. The summed E-state index contributed by atoms with van der Waals surface area (Å²) in [5, 5.41) is 4.49. The molecule has 0 aromatic carbocycles. The van der Waals surface area contributed by atoms with Crippen LogP contribution in [-0.4, -0.2) is 43.9 Å². The van der Waals surface area contributed by atoms with Gasteiger partial charge in [0.1, 0.15) is 17.4 Å². The zero-order valence-electron chi connectivity index (χ0n) is 19.3. The fourth-order valence-corrected chi connectivity index (χ4v) is 4.07. The van der Waals surface area contributed by atoms with Crippen molar-refractivity contribution in [3.05, 3.63) is 41.0 Å². The van der Waals surface area contributed by atoms with Gasteiger partial charge >= 0.3 is 0 Å². The van der Waals surface area contributed by atoms with Crippen molar-refractivity contribution < 1.29 is 4.74 Å². The van der Waals surface area contributed by atoms with E-state index in [2.05, 4.69) is 48.0 Å². The number of fused-ring (bicyclic) bond motifs is 1. The SMILES string of the molecule is CCCn1cc(C2CN(c3cc(C#CC4CC4)c4nc(C)c(C)nc4n3)CC(C)O2)cn1. The van der Waals surface area contributed by atoms with Crippen molar-refractivity contribution in [2.75, 3.05) is 18.0 Å². The van der Waals surface area contributed by atoms with Crippen molar-refractivity contribution in [2.24, 2.45) is 5.92 Å². The molecule has 0 amide bonds. The third-order valence-corrected chi connectivity index (χ3v) is 6.09. The average molecular weight is 431 g/mol. The Morgan fingerprint density at radius 2 is 1.94 bits per heavy atom. The average Bonchev–Trinajstić information content (AvgIpc) is 3.48. The number of hydrogen-bond donors (Lipinski definition) is 0. The summed E-state index contributed by atoms with van der Waals surface area (Å²) >= 11 is 0. The van der Waals surface area contributed by atoms with Crippen LogP contribution in [0.25, 0.3) is 11.2 Å². The molecule has 0 bridgehead atoms. The van der Waals surface area contributed by atoms with Gasteiger partial charge in [0.05, 0.1) is 35.8 Å². The van der Waals surface area contributed by atoms with Crippen molar-refractivity contribution >= 4 is 17.0 Å². The monoisotopic (exact) mass is 430 g/mol. The lowest BCUT2D eigenvalue weighted by Gasteiger charge is -2.37. The second-order valence-electron chi connectivity index (χ2n) is 9.02. The number of ether oxygens (including phenoxy) is 1. The standard InChI is InChI=1S/C25H30N6O/c1-5-10-31-14-21(12-26-31)22-15-30(13-16(2)32-22)23-11-20(9-8-19-6-7-19)24-25(29-23)28-18(4)17(3)27-24/h11-12,14,16,19,22H,5-7,10,13,15H2,1-4H3. The van der Waals surface area contributed by atoms with E-state index < -0.39 is 0 Å². The third kappa shape index (κ3) is 4.33. The molecule has 2 fully saturated rings. The quantitative estimate of drug-likeness (QED) is 0.583. The molecule has 5 rings (SSSR count). The number of anilines is 1. The van der Waals surface area contributed by atoms with Crippen LogP contribution in [0.2, 0.25) is 0 Å². The van der Waals surface area contributed by atoms with E-state index in [1.54, 1.807) is 0 Å². The molecule has 3 aromatic heterocycles. The van der Waals surface area contributed by atoms with E-state index in [-0.39, 0.29) is 12.2 Å². The van der Waals surface area contributed by atoms with Gasteiger partial charge in [-0.3, -0.25) is 4.68 Å². The molecule has 1 saturated heterocycles. The molecular weight excluding hydrogens is 400 g/mol. The first kappa shape index (κ1) is 20.9. The lowest BCUT2D eigenvalue weighted by Crippen LogP contribution is -2.43. The predicted molar refractivity (Wildman–Crippen MR) is 124 cm³/mol. The maximum atomic E-state index is 6.28. The van der Waals surface area contributed by atoms with E-state index >= 15 is 0 Å². The Kier molecular flexibility index (Phi) is 5.56. The number of rotatable bonds is 4. The molecule has 166 valence electrons. The maximum absolute atomic E-state index is 6.28. The molecule has 3 aromatic rings. The Labute approximate surface area is 189 Å². The van der Waals surface area contributed by atoms with E-state index in [1.165, 1.54) is 12.8 Å². The van der Waals surface area contributed by atoms with Gasteiger partial charge in [-0.25, -0.2) is 15.0 Å². The third-order valence-electron chi connectivity index (χ3n) is 6.09. The van der Waals surface area contributed by atoms with Crippen molar-refractivity contribution in [2.45, 2.75) is 65.7 Å². The van der Waals surface area contributed by atoms with Crippen LogP contribution in [0.5, 0.6) is 0 Å². The fraction of sp³-hybridized carbons (Fsp3) is 0.520. The zero-order valence-corrected chi connectivity index (χ0v) is 19.3. The highest BCUT2D eigenvalue weighted by Gasteiger charge is 2.29. The molecule has 0 N–H and O–H groups in total. The van der Waals surface area contributed by atoms with Crippen molar-refractivity contribution in [1.29, 1.82) is 0 Å². The van der Waals surface area contributed by atoms with Crippen LogP contribution in [0.15, 0.2) is 18.5 Å². The normalized spacial score (nSPS) is 20.9. The van der Waals surface area contributed by atoms with Crippen molar-refractivity contribution in [3.63, 3.8) is 0 Å². The van der Waals surface area contributed by atoms with Crippen LogP contribution in [0.3, 0.4) is 0 Å². The van der Waals surface area contributed by atoms with E-state index in [9.17, 15) is 0 Å². The summed E-state index contributed by atoms with van der Waals surface area (Å²) in [5.74, 6) is 8.18. The highest BCUT2D eigenvalue weighted by Crippen LogP contribution is 2.31. The molecule has 1 saturated carbocycles. The summed E-state index contributed by atoms with van der Waals surface area (Å²) in [6, 6.07) is 2.08. The van der Waals surface area contributed by atoms with Gasteiger partial charge in [-0.1, -0.05) is 18.8 Å². The summed E-state index contributed by atoms with van der Waals surface area (Å²) in [6.07, 6.45) is 7.50. The fourth-order valence-electron chi connectivity index (χ4n) is 4.07. The van der Waals surface area contributed by atoms with Crippen LogP contribution in [0.4, 0.5) is 5.82 Å². The highest BCUT2D eigenvalue weighted by atomic mass is 16.5. The number of aromatic nitrogens is 5. The largest absolute Gasteiger partial charge is 0.367 e. The Morgan fingerprint density at radius 1 is 1.12 bits per heavy atom. The summed E-state index contributed by atoms with van der Waals surface area (Å²) < 4.78 is 8.27. The highest BCUT2D eigenvalue weighted by molar-refractivity contribution is 5.80. The number of hydrogen-bond acceptors (Lipinski definition) is 6. The van der Waals surface area contributed by atoms with Crippen LogP contribution < -0.4 is 4.90 Å². The van der Waals surface area contributed by atoms with Gasteiger partial charge in [0.2, 0.25) is 0 Å². The van der Waals surface area contributed by atoms with Crippen LogP contribution in [0.1, 0.15) is 61.7 Å². The molecule has 1 aliphatic carbocycles. The van der Waals surface area contributed by atoms with Crippen LogP contribution >= 0.6 is 0 Å². The summed E-state index contributed by atoms with van der Waals surface area (Å²) in [6.45, 7) is 10.6. The van der Waals surface area contributed by atoms with Gasteiger partial charge in [-0.15, -0.1) is 0 Å². The summed E-state index contributed by atoms with van der Waals surface area (Å²) in [4.78, 5) is 16.7. The van der Waals surface area contributed by atoms with Crippen LogP contribution in [-0.2, 0) is 11.3 Å². The molecule has 4 heterocycles. The van der Waals surface area contributed by atoms with Gasteiger partial charge in [-0.05, 0) is 46.1 Å². The van der Waals surface area contributed by atoms with Gasteiger partial charge in [-0.2, -0.15) is 5.10 Å². The van der Waals surface area contributed by atoms with Gasteiger partial charge in [0, 0.05) is 30.8 Å². The van der Waals surface area contributed by atoms with E-state index in [0.717, 1.165) is 53.4 Å². The number of morpholine rings is 1. The number of pyridine rings is 1. The van der Waals surface area contributed by atoms with Crippen molar-refractivity contribution in [3.8, 4) is 11.8 Å². The van der Waals surface area contributed by atoms with Crippen molar-refractivity contribution in [1.82, 2.24) is 24.7 Å². The topological polar surface area (TPSA) is 69.0 Å². The number of aryl methyl sites for hydroxylation is 3. The van der Waals surface area contributed by atoms with Gasteiger partial charge in [0.25, 0.3) is 0 Å². The molecule has 1 aliphatic heterocycles. The number of nitrogens with zero attached hydrogens (tertiary/aromatic N) is 6. The van der Waals surface area contributed by atoms with E-state index in [1.807, 2.05) is 24.7 Å². The lowest BCUT2D eigenvalue weighted by atomic mass is 10.1. The Balaban J connectivity index is 1.50. The molecule has 7 nitrogen and oxygen atoms in total. The molecule has 2 atom stereocenters. The zero-order chi connectivity index (χ0) is 22.2. The molecule has 0 spiro atoms. The lowest BCUT2D eigenvalue weighted by molar-refractivity contribution is -0.0176. The first-order chi connectivity index (χ1) is 15.5. The molecule has 7 heteroatoms. The minimum absolute atomic E-state index is 0.0475. The minimum atomic E-state index is -0.0475. The van der Waals surface area contributed by atoms with Gasteiger partial charge < -0.3 is 9.64 Å². The smallest absolute Gasteiger partial charge is 0.181 e.